The van der Waals surface area contributed by atoms with Crippen molar-refractivity contribution in [3.8, 4) is 5.75 Å². The highest BCUT2D eigenvalue weighted by atomic mass is 16.4. The highest BCUT2D eigenvalue weighted by Crippen LogP contribution is 2.12. The summed E-state index contributed by atoms with van der Waals surface area (Å²) >= 11 is 0. The van der Waals surface area contributed by atoms with Crippen LogP contribution in [0, 0.1) is 0 Å². The van der Waals surface area contributed by atoms with Gasteiger partial charge in [0.2, 0.25) is 29.5 Å². The quantitative estimate of drug-likeness (QED) is 0.0453. The molecule has 0 spiro atoms. The zero-order valence-electron chi connectivity index (χ0n) is 22.2. The van der Waals surface area contributed by atoms with Crippen molar-refractivity contribution in [1.82, 2.24) is 16.0 Å². The molecule has 0 aliphatic heterocycles. The van der Waals surface area contributed by atoms with Crippen LogP contribution in [0.4, 0.5) is 0 Å². The number of phenolic OH excluding ortho intramolecular Hbond substituents is 1. The first-order valence-corrected chi connectivity index (χ1v) is 12.5. The van der Waals surface area contributed by atoms with Crippen molar-refractivity contribution in [3.63, 3.8) is 0 Å². The van der Waals surface area contributed by atoms with E-state index in [0.717, 1.165) is 0 Å². The normalized spacial score (nSPS) is 13.5. The lowest BCUT2D eigenvalue weighted by atomic mass is 10.0. The minimum atomic E-state index is -1.62. The molecule has 0 aliphatic carbocycles. The summed E-state index contributed by atoms with van der Waals surface area (Å²) in [4.78, 5) is 76.9. The summed E-state index contributed by atoms with van der Waals surface area (Å²) in [5, 5.41) is 25.9. The number of carboxylic acids is 1. The highest BCUT2D eigenvalue weighted by molar-refractivity contribution is 5.96. The molecule has 1 aromatic carbocycles. The zero-order valence-corrected chi connectivity index (χ0v) is 22.2. The molecule has 41 heavy (non-hydrogen) atoms. The highest BCUT2D eigenvalue weighted by Gasteiger charge is 2.31. The molecule has 0 fully saturated rings. The lowest BCUT2D eigenvalue weighted by molar-refractivity contribution is -0.142. The predicted molar refractivity (Wildman–Crippen MR) is 145 cm³/mol. The molecule has 1 rings (SSSR count). The number of aliphatic carboxylic acids is 1. The zero-order chi connectivity index (χ0) is 31.1. The second kappa shape index (κ2) is 16.9. The maximum absolute atomic E-state index is 13.3. The van der Waals surface area contributed by atoms with E-state index in [1.165, 1.54) is 24.3 Å². The fourth-order valence-electron chi connectivity index (χ4n) is 3.51. The topological polar surface area (TPSA) is 321 Å². The number of nitrogens with two attached hydrogens (primary N) is 5. The van der Waals surface area contributed by atoms with Gasteiger partial charge in [0, 0.05) is 19.4 Å². The Hall–Kier alpha value is -4.93. The third-order valence-electron chi connectivity index (χ3n) is 5.65. The summed E-state index contributed by atoms with van der Waals surface area (Å²) in [6, 6.07) is 0.192. The first-order chi connectivity index (χ1) is 19.2. The maximum atomic E-state index is 13.3. The SMILES string of the molecule is NC(=O)CCC(NC(=O)C(CC(N)=O)NC(=O)C(Cc1ccc(O)cc1)NC(=O)C(N)CCCN=C(N)N)C(=O)O. The van der Waals surface area contributed by atoms with Gasteiger partial charge in [0.15, 0.2) is 5.96 Å². The molecular weight excluding hydrogens is 542 g/mol. The van der Waals surface area contributed by atoms with E-state index in [9.17, 15) is 39.0 Å². The average Bonchev–Trinajstić information content (AvgIpc) is 2.88. The number of carbonyl (C=O) groups is 6. The molecule has 1 aromatic rings. The smallest absolute Gasteiger partial charge is 0.326 e. The van der Waals surface area contributed by atoms with Crippen LogP contribution in [0.3, 0.4) is 0 Å². The van der Waals surface area contributed by atoms with E-state index in [-0.39, 0.29) is 43.9 Å². The van der Waals surface area contributed by atoms with Crippen molar-refractivity contribution < 1.29 is 39.0 Å². The van der Waals surface area contributed by atoms with E-state index >= 15 is 0 Å². The molecule has 226 valence electrons. The fraction of sp³-hybridized carbons (Fsp3) is 0.458. The standard InChI is InChI=1S/C24H37N9O8/c25-14(2-1-9-30-24(28)29)20(37)32-16(10-12-3-5-13(34)6-4-12)21(38)33-17(11-19(27)36)22(39)31-15(23(40)41)7-8-18(26)35/h3-6,14-17,34H,1-2,7-11,25H2,(H2,26,35)(H2,27,36)(H,31,39)(H,32,37)(H,33,38)(H,40,41)(H4,28,29,30). The number of carbonyl (C=O) groups excluding carboxylic acids is 5. The van der Waals surface area contributed by atoms with Crippen LogP contribution in [0.15, 0.2) is 29.3 Å². The van der Waals surface area contributed by atoms with E-state index < -0.39 is 66.1 Å². The van der Waals surface area contributed by atoms with Gasteiger partial charge in [-0.15, -0.1) is 0 Å². The minimum absolute atomic E-state index is 0.0379. The number of aliphatic imine (C=N–C) groups is 1. The maximum Gasteiger partial charge on any atom is 0.326 e. The number of benzene rings is 1. The molecule has 17 nitrogen and oxygen atoms in total. The van der Waals surface area contributed by atoms with Gasteiger partial charge >= 0.3 is 5.97 Å². The Kier molecular flexibility index (Phi) is 14.1. The number of phenols is 1. The molecule has 0 saturated heterocycles. The fourth-order valence-corrected chi connectivity index (χ4v) is 3.51. The Morgan fingerprint density at radius 2 is 1.34 bits per heavy atom. The van der Waals surface area contributed by atoms with Gasteiger partial charge in [-0.1, -0.05) is 12.1 Å². The molecule has 0 heterocycles. The lowest BCUT2D eigenvalue weighted by Gasteiger charge is -2.25. The third-order valence-corrected chi connectivity index (χ3v) is 5.65. The second-order valence-corrected chi connectivity index (χ2v) is 9.12. The third kappa shape index (κ3) is 13.6. The van der Waals surface area contributed by atoms with Crippen LogP contribution in [0.5, 0.6) is 5.75 Å². The van der Waals surface area contributed by atoms with Crippen molar-refractivity contribution in [2.24, 2.45) is 33.7 Å². The Balaban J connectivity index is 3.10. The Morgan fingerprint density at radius 3 is 1.88 bits per heavy atom. The Morgan fingerprint density at radius 1 is 0.780 bits per heavy atom. The van der Waals surface area contributed by atoms with Crippen LogP contribution in [0.1, 0.15) is 37.7 Å². The number of hydrogen-bond donors (Lipinski definition) is 10. The summed E-state index contributed by atoms with van der Waals surface area (Å²) in [5.74, 6) is -6.11. The summed E-state index contributed by atoms with van der Waals surface area (Å²) in [6.07, 6.45) is -0.970. The van der Waals surface area contributed by atoms with Gasteiger partial charge in [0.25, 0.3) is 0 Å². The summed E-state index contributed by atoms with van der Waals surface area (Å²) < 4.78 is 0. The molecule has 0 bridgehead atoms. The number of guanidine groups is 1. The predicted octanol–water partition coefficient (Wildman–Crippen LogP) is -4.00. The van der Waals surface area contributed by atoms with Crippen LogP contribution < -0.4 is 44.6 Å². The number of primary amides is 2. The van der Waals surface area contributed by atoms with E-state index in [1.54, 1.807) is 0 Å². The first-order valence-electron chi connectivity index (χ1n) is 12.5. The van der Waals surface area contributed by atoms with E-state index in [4.69, 9.17) is 28.7 Å². The minimum Gasteiger partial charge on any atom is -0.508 e. The van der Waals surface area contributed by atoms with Crippen molar-refractivity contribution in [2.75, 3.05) is 6.54 Å². The van der Waals surface area contributed by atoms with Gasteiger partial charge in [0.1, 0.15) is 23.9 Å². The number of rotatable bonds is 18. The van der Waals surface area contributed by atoms with Crippen LogP contribution in [0.2, 0.25) is 0 Å². The van der Waals surface area contributed by atoms with Crippen LogP contribution in [0.25, 0.3) is 0 Å². The van der Waals surface area contributed by atoms with Crippen molar-refractivity contribution >= 4 is 41.5 Å². The van der Waals surface area contributed by atoms with Gasteiger partial charge in [0.05, 0.1) is 12.5 Å². The molecule has 15 N–H and O–H groups in total. The van der Waals surface area contributed by atoms with E-state index in [2.05, 4.69) is 20.9 Å². The molecule has 4 atom stereocenters. The first kappa shape index (κ1) is 34.1. The molecule has 0 saturated carbocycles. The number of hydrogen-bond acceptors (Lipinski definition) is 9. The average molecular weight is 580 g/mol. The summed E-state index contributed by atoms with van der Waals surface area (Å²) in [6.45, 7) is 0.224. The molecule has 0 radical (unpaired) electrons. The number of nitrogens with zero attached hydrogens (tertiary/aromatic N) is 1. The molecule has 5 amide bonds. The van der Waals surface area contributed by atoms with E-state index in [1.807, 2.05) is 0 Å². The largest absolute Gasteiger partial charge is 0.508 e. The van der Waals surface area contributed by atoms with Crippen LogP contribution >= 0.6 is 0 Å². The van der Waals surface area contributed by atoms with E-state index in [0.29, 0.717) is 12.0 Å². The lowest BCUT2D eigenvalue weighted by Crippen LogP contribution is -2.58. The monoisotopic (exact) mass is 579 g/mol. The summed E-state index contributed by atoms with van der Waals surface area (Å²) in [5.41, 5.74) is 27.2. The van der Waals surface area contributed by atoms with Crippen molar-refractivity contribution in [2.45, 2.75) is 62.7 Å². The number of amides is 5. The Labute approximate surface area is 235 Å². The second-order valence-electron chi connectivity index (χ2n) is 9.12. The molecular formula is C24H37N9O8. The Bertz CT molecular complexity index is 1120. The number of nitrogens with one attached hydrogen (secondary N) is 3. The molecule has 4 unspecified atom stereocenters. The van der Waals surface area contributed by atoms with Gasteiger partial charge in [-0.2, -0.15) is 0 Å². The van der Waals surface area contributed by atoms with Gasteiger partial charge in [-0.05, 0) is 37.0 Å². The number of aromatic hydroxyl groups is 1. The molecule has 17 heteroatoms. The van der Waals surface area contributed by atoms with Crippen LogP contribution in [-0.4, -0.2) is 82.4 Å². The molecule has 0 aliphatic rings. The number of carboxylic acid groups (broad SMARTS) is 1. The van der Waals surface area contributed by atoms with Crippen molar-refractivity contribution in [1.29, 1.82) is 0 Å². The van der Waals surface area contributed by atoms with Gasteiger partial charge < -0.3 is 54.8 Å². The van der Waals surface area contributed by atoms with Gasteiger partial charge in [-0.25, -0.2) is 4.79 Å². The van der Waals surface area contributed by atoms with Crippen molar-refractivity contribution in [3.05, 3.63) is 29.8 Å². The van der Waals surface area contributed by atoms with Gasteiger partial charge in [-0.3, -0.25) is 29.0 Å². The van der Waals surface area contributed by atoms with Crippen LogP contribution in [-0.2, 0) is 35.2 Å². The summed E-state index contributed by atoms with van der Waals surface area (Å²) in [7, 11) is 0. The molecule has 0 aromatic heterocycles.